The minimum atomic E-state index is -0.418. The predicted octanol–water partition coefficient (Wildman–Crippen LogP) is 3.36. The van der Waals surface area contributed by atoms with Crippen LogP contribution in [0.15, 0.2) is 52.9 Å². The highest BCUT2D eigenvalue weighted by molar-refractivity contribution is 5.76. The summed E-state index contributed by atoms with van der Waals surface area (Å²) in [6, 6.07) is 12.9. The van der Waals surface area contributed by atoms with Crippen molar-refractivity contribution in [2.24, 2.45) is 0 Å². The summed E-state index contributed by atoms with van der Waals surface area (Å²) in [5.74, 6) is -0.0164. The standard InChI is InChI=1S/C15H9FN2O2/c16-13-4-2-1-3-12(13)15-18-17-14(20-15)11-7-5-10(9-19)6-8-11/h1-9H. The van der Waals surface area contributed by atoms with Crippen molar-refractivity contribution in [2.45, 2.75) is 0 Å². The highest BCUT2D eigenvalue weighted by Crippen LogP contribution is 2.25. The molecule has 0 aliphatic rings. The van der Waals surface area contributed by atoms with Crippen LogP contribution in [-0.2, 0) is 0 Å². The van der Waals surface area contributed by atoms with Crippen molar-refractivity contribution in [1.29, 1.82) is 0 Å². The average molecular weight is 268 g/mol. The number of hydrogen-bond acceptors (Lipinski definition) is 4. The van der Waals surface area contributed by atoms with Gasteiger partial charge in [0.05, 0.1) is 5.56 Å². The Kier molecular flexibility index (Phi) is 3.09. The molecule has 3 aromatic rings. The molecule has 4 nitrogen and oxygen atoms in total. The van der Waals surface area contributed by atoms with Gasteiger partial charge in [0.25, 0.3) is 5.89 Å². The second-order valence-electron chi connectivity index (χ2n) is 4.13. The summed E-state index contributed by atoms with van der Waals surface area (Å²) in [5.41, 5.74) is 1.49. The molecule has 1 heterocycles. The molecule has 0 unspecified atom stereocenters. The summed E-state index contributed by atoms with van der Waals surface area (Å²) in [5, 5.41) is 7.73. The van der Waals surface area contributed by atoms with Crippen molar-refractivity contribution < 1.29 is 13.6 Å². The summed E-state index contributed by atoms with van der Waals surface area (Å²) >= 11 is 0. The Hall–Kier alpha value is -2.82. The van der Waals surface area contributed by atoms with Crippen molar-refractivity contribution in [2.75, 3.05) is 0 Å². The zero-order valence-electron chi connectivity index (χ0n) is 10.3. The fraction of sp³-hybridized carbons (Fsp3) is 0. The first kappa shape index (κ1) is 12.2. The monoisotopic (exact) mass is 268 g/mol. The molecule has 98 valence electrons. The lowest BCUT2D eigenvalue weighted by molar-refractivity contribution is 0.112. The predicted molar refractivity (Wildman–Crippen MR) is 70.5 cm³/mol. The molecule has 0 aliphatic heterocycles. The number of hydrogen-bond donors (Lipinski definition) is 0. The number of carbonyl (C=O) groups is 1. The molecule has 0 saturated carbocycles. The topological polar surface area (TPSA) is 56.0 Å². The van der Waals surface area contributed by atoms with Crippen molar-refractivity contribution >= 4 is 6.29 Å². The van der Waals surface area contributed by atoms with E-state index in [0.29, 0.717) is 11.1 Å². The summed E-state index contributed by atoms with van der Waals surface area (Å²) in [6.07, 6.45) is 0.752. The Labute approximate surface area is 113 Å². The Morgan fingerprint density at radius 3 is 2.35 bits per heavy atom. The van der Waals surface area contributed by atoms with Gasteiger partial charge in [-0.15, -0.1) is 10.2 Å². The van der Waals surface area contributed by atoms with E-state index in [1.165, 1.54) is 6.07 Å². The molecule has 1 aromatic heterocycles. The van der Waals surface area contributed by atoms with Crippen LogP contribution in [0.4, 0.5) is 4.39 Å². The summed E-state index contributed by atoms with van der Waals surface area (Å²) in [4.78, 5) is 10.6. The van der Waals surface area contributed by atoms with Crippen molar-refractivity contribution in [1.82, 2.24) is 10.2 Å². The molecule has 3 rings (SSSR count). The van der Waals surface area contributed by atoms with Gasteiger partial charge in [-0.25, -0.2) is 4.39 Å². The minimum Gasteiger partial charge on any atom is -0.416 e. The van der Waals surface area contributed by atoms with E-state index in [4.69, 9.17) is 4.42 Å². The van der Waals surface area contributed by atoms with Gasteiger partial charge in [-0.05, 0) is 24.3 Å². The van der Waals surface area contributed by atoms with Crippen molar-refractivity contribution in [3.8, 4) is 22.9 Å². The van der Waals surface area contributed by atoms with Crippen LogP contribution < -0.4 is 0 Å². The van der Waals surface area contributed by atoms with Crippen molar-refractivity contribution in [3.63, 3.8) is 0 Å². The summed E-state index contributed by atoms with van der Waals surface area (Å²) < 4.78 is 19.1. The zero-order valence-corrected chi connectivity index (χ0v) is 10.3. The van der Waals surface area contributed by atoms with E-state index in [0.717, 1.165) is 6.29 Å². The molecule has 0 bridgehead atoms. The highest BCUT2D eigenvalue weighted by Gasteiger charge is 2.13. The van der Waals surface area contributed by atoms with Gasteiger partial charge < -0.3 is 4.42 Å². The number of benzene rings is 2. The van der Waals surface area contributed by atoms with Gasteiger partial charge in [0.15, 0.2) is 0 Å². The SMILES string of the molecule is O=Cc1ccc(-c2nnc(-c3ccccc3F)o2)cc1. The molecule has 0 N–H and O–H groups in total. The van der Waals surface area contributed by atoms with E-state index in [-0.39, 0.29) is 17.3 Å². The number of rotatable bonds is 3. The molecule has 0 aliphatic carbocycles. The Bertz CT molecular complexity index is 751. The van der Waals surface area contributed by atoms with E-state index >= 15 is 0 Å². The Morgan fingerprint density at radius 1 is 0.950 bits per heavy atom. The smallest absolute Gasteiger partial charge is 0.251 e. The van der Waals surface area contributed by atoms with Gasteiger partial charge in [0.2, 0.25) is 5.89 Å². The first-order valence-corrected chi connectivity index (χ1v) is 5.92. The normalized spacial score (nSPS) is 10.4. The first-order chi connectivity index (χ1) is 9.78. The zero-order chi connectivity index (χ0) is 13.9. The molecule has 0 atom stereocenters. The lowest BCUT2D eigenvalue weighted by Gasteiger charge is -1.96. The Balaban J connectivity index is 1.97. The molecule has 0 fully saturated rings. The van der Waals surface area contributed by atoms with Crippen LogP contribution in [0, 0.1) is 5.82 Å². The maximum absolute atomic E-state index is 13.6. The Morgan fingerprint density at radius 2 is 1.65 bits per heavy atom. The van der Waals surface area contributed by atoms with Gasteiger partial charge in [-0.1, -0.05) is 24.3 Å². The maximum Gasteiger partial charge on any atom is 0.251 e. The number of carbonyl (C=O) groups excluding carboxylic acids is 1. The van der Waals surface area contributed by atoms with Crippen LogP contribution in [0.25, 0.3) is 22.9 Å². The first-order valence-electron chi connectivity index (χ1n) is 5.92. The van der Waals surface area contributed by atoms with E-state index in [2.05, 4.69) is 10.2 Å². The quantitative estimate of drug-likeness (QED) is 0.683. The molecule has 0 amide bonds. The highest BCUT2D eigenvalue weighted by atomic mass is 19.1. The van der Waals surface area contributed by atoms with Crippen LogP contribution >= 0.6 is 0 Å². The molecular formula is C15H9FN2O2. The number of halogens is 1. The second-order valence-corrected chi connectivity index (χ2v) is 4.13. The van der Waals surface area contributed by atoms with Crippen LogP contribution in [0.5, 0.6) is 0 Å². The lowest BCUT2D eigenvalue weighted by Crippen LogP contribution is -1.82. The molecule has 0 saturated heterocycles. The van der Waals surface area contributed by atoms with E-state index in [9.17, 15) is 9.18 Å². The van der Waals surface area contributed by atoms with Gasteiger partial charge in [-0.3, -0.25) is 4.79 Å². The fourth-order valence-electron chi connectivity index (χ4n) is 1.79. The van der Waals surface area contributed by atoms with Gasteiger partial charge in [0, 0.05) is 11.1 Å². The van der Waals surface area contributed by atoms with Gasteiger partial charge >= 0.3 is 0 Å². The summed E-state index contributed by atoms with van der Waals surface area (Å²) in [7, 11) is 0. The average Bonchev–Trinajstić information content (AvgIpc) is 2.97. The third kappa shape index (κ3) is 2.21. The third-order valence-corrected chi connectivity index (χ3v) is 2.82. The van der Waals surface area contributed by atoms with Crippen LogP contribution in [0.1, 0.15) is 10.4 Å². The van der Waals surface area contributed by atoms with E-state index < -0.39 is 5.82 Å². The lowest BCUT2D eigenvalue weighted by atomic mass is 10.1. The second kappa shape index (κ2) is 5.05. The van der Waals surface area contributed by atoms with Gasteiger partial charge in [0.1, 0.15) is 12.1 Å². The van der Waals surface area contributed by atoms with Crippen LogP contribution in [-0.4, -0.2) is 16.5 Å². The van der Waals surface area contributed by atoms with Gasteiger partial charge in [-0.2, -0.15) is 0 Å². The molecular weight excluding hydrogens is 259 g/mol. The van der Waals surface area contributed by atoms with Crippen LogP contribution in [0.3, 0.4) is 0 Å². The van der Waals surface area contributed by atoms with Crippen molar-refractivity contribution in [3.05, 3.63) is 59.9 Å². The molecule has 5 heteroatoms. The number of aromatic nitrogens is 2. The molecule has 0 spiro atoms. The molecule has 0 radical (unpaired) electrons. The molecule has 20 heavy (non-hydrogen) atoms. The van der Waals surface area contributed by atoms with E-state index in [1.807, 2.05) is 0 Å². The summed E-state index contributed by atoms with van der Waals surface area (Å²) in [6.45, 7) is 0. The maximum atomic E-state index is 13.6. The molecule has 2 aromatic carbocycles. The minimum absolute atomic E-state index is 0.123. The van der Waals surface area contributed by atoms with Crippen LogP contribution in [0.2, 0.25) is 0 Å². The number of aldehydes is 1. The van der Waals surface area contributed by atoms with E-state index in [1.54, 1.807) is 42.5 Å². The third-order valence-electron chi connectivity index (χ3n) is 2.82. The number of nitrogens with zero attached hydrogens (tertiary/aromatic N) is 2. The largest absolute Gasteiger partial charge is 0.416 e. The fourth-order valence-corrected chi connectivity index (χ4v) is 1.79.